The molecule has 150 valence electrons. The Morgan fingerprint density at radius 2 is 1.85 bits per heavy atom. The molecule has 0 spiro atoms. The summed E-state index contributed by atoms with van der Waals surface area (Å²) in [5.74, 6) is 1.17. The second-order valence-corrected chi connectivity index (χ2v) is 8.32. The number of aromatic nitrogens is 2. The third-order valence-corrected chi connectivity index (χ3v) is 5.89. The van der Waals surface area contributed by atoms with Crippen molar-refractivity contribution in [2.45, 2.75) is 58.0 Å². The molecule has 1 aromatic heterocycles. The highest BCUT2D eigenvalue weighted by atomic mass is 16.2. The molecule has 1 amide bonds. The molecule has 0 aromatic carbocycles. The van der Waals surface area contributed by atoms with Crippen molar-refractivity contribution in [3.63, 3.8) is 0 Å². The summed E-state index contributed by atoms with van der Waals surface area (Å²) >= 11 is 0. The van der Waals surface area contributed by atoms with Gasteiger partial charge in [0.05, 0.1) is 0 Å². The molecular weight excluding hydrogens is 340 g/mol. The monoisotopic (exact) mass is 374 g/mol. The summed E-state index contributed by atoms with van der Waals surface area (Å²) in [4.78, 5) is 29.0. The molecule has 7 nitrogen and oxygen atoms in total. The van der Waals surface area contributed by atoms with Crippen molar-refractivity contribution >= 4 is 11.7 Å². The van der Waals surface area contributed by atoms with Gasteiger partial charge < -0.3 is 20.4 Å². The van der Waals surface area contributed by atoms with Crippen molar-refractivity contribution in [1.82, 2.24) is 19.8 Å². The van der Waals surface area contributed by atoms with E-state index in [4.69, 9.17) is 10.7 Å². The van der Waals surface area contributed by atoms with E-state index < -0.39 is 0 Å². The minimum Gasteiger partial charge on any atom is -0.355 e. The van der Waals surface area contributed by atoms with E-state index in [1.54, 1.807) is 0 Å². The molecule has 1 saturated carbocycles. The second kappa shape index (κ2) is 8.52. The number of nitrogens with two attached hydrogens (primary N) is 1. The number of hydrogen-bond donors (Lipinski definition) is 1. The maximum Gasteiger partial charge on any atom is 0.292 e. The van der Waals surface area contributed by atoms with Crippen LogP contribution in [0.25, 0.3) is 0 Å². The normalized spacial score (nSPS) is 20.7. The van der Waals surface area contributed by atoms with Gasteiger partial charge >= 0.3 is 0 Å². The van der Waals surface area contributed by atoms with E-state index in [-0.39, 0.29) is 11.9 Å². The molecule has 7 heteroatoms. The first-order chi connectivity index (χ1) is 12.9. The molecule has 2 heterocycles. The van der Waals surface area contributed by atoms with Crippen LogP contribution in [0.4, 0.5) is 5.82 Å². The number of carbonyl (C=O) groups excluding carboxylic acids is 1. The number of anilines is 1. The maximum atomic E-state index is 13.4. The maximum absolute atomic E-state index is 13.4. The first kappa shape index (κ1) is 20.0. The topological polar surface area (TPSA) is 78.6 Å². The standard InChI is InChI=1S/C20H34N6O/c1-14-15(2)22-18(23-19(14)25-10-9-16(21)13-25)20(27)26(12-11-24(3)4)17-7-5-6-8-17/h16-17H,5-13,21H2,1-4H3/t16-/m1/s1. The number of nitrogens with zero attached hydrogens (tertiary/aromatic N) is 5. The van der Waals surface area contributed by atoms with E-state index >= 15 is 0 Å². The Labute approximate surface area is 162 Å². The lowest BCUT2D eigenvalue weighted by Crippen LogP contribution is -2.43. The molecule has 27 heavy (non-hydrogen) atoms. The molecule has 2 fully saturated rings. The number of carbonyl (C=O) groups is 1. The predicted octanol–water partition coefficient (Wildman–Crippen LogP) is 1.58. The molecule has 0 bridgehead atoms. The van der Waals surface area contributed by atoms with E-state index in [1.165, 1.54) is 12.8 Å². The zero-order chi connectivity index (χ0) is 19.6. The van der Waals surface area contributed by atoms with Crippen molar-refractivity contribution in [2.75, 3.05) is 45.2 Å². The van der Waals surface area contributed by atoms with Crippen LogP contribution < -0.4 is 10.6 Å². The Kier molecular flexibility index (Phi) is 6.32. The molecule has 1 atom stereocenters. The highest BCUT2D eigenvalue weighted by molar-refractivity contribution is 5.91. The molecule has 2 N–H and O–H groups in total. The molecule has 1 aliphatic carbocycles. The third kappa shape index (κ3) is 4.58. The summed E-state index contributed by atoms with van der Waals surface area (Å²) in [7, 11) is 4.08. The van der Waals surface area contributed by atoms with Crippen LogP contribution in [0.5, 0.6) is 0 Å². The van der Waals surface area contributed by atoms with Crippen LogP contribution >= 0.6 is 0 Å². The minimum atomic E-state index is -0.0309. The molecule has 3 rings (SSSR count). The third-order valence-electron chi connectivity index (χ3n) is 5.89. The molecule has 0 unspecified atom stereocenters. The summed E-state index contributed by atoms with van der Waals surface area (Å²) in [5.41, 5.74) is 8.00. The van der Waals surface area contributed by atoms with Gasteiger partial charge in [0.2, 0.25) is 5.82 Å². The van der Waals surface area contributed by atoms with E-state index in [1.807, 2.05) is 32.8 Å². The van der Waals surface area contributed by atoms with Gasteiger partial charge in [-0.05, 0) is 47.2 Å². The van der Waals surface area contributed by atoms with E-state index in [0.717, 1.165) is 62.5 Å². The lowest BCUT2D eigenvalue weighted by atomic mass is 10.2. The van der Waals surface area contributed by atoms with Crippen LogP contribution in [0.2, 0.25) is 0 Å². The van der Waals surface area contributed by atoms with Crippen molar-refractivity contribution in [2.24, 2.45) is 5.73 Å². The van der Waals surface area contributed by atoms with Gasteiger partial charge in [-0.3, -0.25) is 4.79 Å². The molecule has 1 aromatic rings. The largest absolute Gasteiger partial charge is 0.355 e. The smallest absolute Gasteiger partial charge is 0.292 e. The fraction of sp³-hybridized carbons (Fsp3) is 0.750. The van der Waals surface area contributed by atoms with Crippen molar-refractivity contribution in [3.05, 3.63) is 17.1 Å². The van der Waals surface area contributed by atoms with Gasteiger partial charge in [-0.25, -0.2) is 9.97 Å². The van der Waals surface area contributed by atoms with Gasteiger partial charge in [0.25, 0.3) is 5.91 Å². The second-order valence-electron chi connectivity index (χ2n) is 8.32. The number of rotatable bonds is 6. The summed E-state index contributed by atoms with van der Waals surface area (Å²) < 4.78 is 0. The van der Waals surface area contributed by atoms with Gasteiger partial charge in [-0.1, -0.05) is 12.8 Å². The SMILES string of the molecule is Cc1nc(C(=O)N(CCN(C)C)C2CCCC2)nc(N2CC[C@@H](N)C2)c1C. The van der Waals surface area contributed by atoms with Crippen LogP contribution in [0.15, 0.2) is 0 Å². The summed E-state index contributed by atoms with van der Waals surface area (Å²) in [6.45, 7) is 7.24. The number of likely N-dealkylation sites (N-methyl/N-ethyl adjacent to an activating group) is 1. The first-order valence-corrected chi connectivity index (χ1v) is 10.2. The molecule has 0 radical (unpaired) electrons. The van der Waals surface area contributed by atoms with E-state index in [9.17, 15) is 4.79 Å². The van der Waals surface area contributed by atoms with Crippen LogP contribution in [-0.4, -0.2) is 78.0 Å². The van der Waals surface area contributed by atoms with E-state index in [0.29, 0.717) is 11.9 Å². The quantitative estimate of drug-likeness (QED) is 0.814. The van der Waals surface area contributed by atoms with Crippen molar-refractivity contribution in [1.29, 1.82) is 0 Å². The van der Waals surface area contributed by atoms with Crippen LogP contribution in [0, 0.1) is 13.8 Å². The van der Waals surface area contributed by atoms with E-state index in [2.05, 4.69) is 14.8 Å². The fourth-order valence-electron chi connectivity index (χ4n) is 4.10. The minimum absolute atomic E-state index is 0.0309. The number of aryl methyl sites for hydroxylation is 1. The van der Waals surface area contributed by atoms with Crippen LogP contribution in [-0.2, 0) is 0 Å². The number of hydrogen-bond acceptors (Lipinski definition) is 6. The average molecular weight is 375 g/mol. The fourth-order valence-corrected chi connectivity index (χ4v) is 4.10. The van der Waals surface area contributed by atoms with Gasteiger partial charge in [-0.15, -0.1) is 0 Å². The summed E-state index contributed by atoms with van der Waals surface area (Å²) in [6, 6.07) is 0.486. The molecular formula is C20H34N6O. The van der Waals surface area contributed by atoms with Gasteiger partial charge in [-0.2, -0.15) is 0 Å². The van der Waals surface area contributed by atoms with Gasteiger partial charge in [0, 0.05) is 49.5 Å². The van der Waals surface area contributed by atoms with Crippen molar-refractivity contribution in [3.8, 4) is 0 Å². The Hall–Kier alpha value is -1.73. The van der Waals surface area contributed by atoms with Crippen molar-refractivity contribution < 1.29 is 4.79 Å². The highest BCUT2D eigenvalue weighted by Gasteiger charge is 2.30. The Bertz CT molecular complexity index is 671. The zero-order valence-electron chi connectivity index (χ0n) is 17.2. The number of amides is 1. The summed E-state index contributed by atoms with van der Waals surface area (Å²) in [6.07, 6.45) is 5.51. The average Bonchev–Trinajstić information content (AvgIpc) is 3.29. The van der Waals surface area contributed by atoms with Gasteiger partial charge in [0.1, 0.15) is 5.82 Å². The van der Waals surface area contributed by atoms with Crippen LogP contribution in [0.1, 0.15) is 54.0 Å². The summed E-state index contributed by atoms with van der Waals surface area (Å²) in [5, 5.41) is 0. The molecule has 1 saturated heterocycles. The Balaban J connectivity index is 1.87. The Morgan fingerprint density at radius 3 is 2.44 bits per heavy atom. The zero-order valence-corrected chi connectivity index (χ0v) is 17.2. The van der Waals surface area contributed by atoms with Crippen LogP contribution in [0.3, 0.4) is 0 Å². The lowest BCUT2D eigenvalue weighted by molar-refractivity contribution is 0.0654. The molecule has 1 aliphatic heterocycles. The predicted molar refractivity (Wildman–Crippen MR) is 108 cm³/mol. The molecule has 2 aliphatic rings. The first-order valence-electron chi connectivity index (χ1n) is 10.2. The Morgan fingerprint density at radius 1 is 1.15 bits per heavy atom. The highest BCUT2D eigenvalue weighted by Crippen LogP contribution is 2.27. The van der Waals surface area contributed by atoms with Gasteiger partial charge in [0.15, 0.2) is 0 Å². The lowest BCUT2D eigenvalue weighted by Gasteiger charge is -2.30.